The Bertz CT molecular complexity index is 115. The summed E-state index contributed by atoms with van der Waals surface area (Å²) in [6.07, 6.45) is 0. The number of nitrogens with zero attached hydrogens (tertiary/aromatic N) is 2. The maximum absolute atomic E-state index is 2.54. The van der Waals surface area contributed by atoms with Crippen LogP contribution in [0.25, 0.3) is 0 Å². The van der Waals surface area contributed by atoms with Gasteiger partial charge in [0.25, 0.3) is 0 Å². The Morgan fingerprint density at radius 2 is 1.73 bits per heavy atom. The van der Waals surface area contributed by atoms with E-state index in [0.717, 1.165) is 0 Å². The largest absolute Gasteiger partial charge is 0.324 e. The van der Waals surface area contributed by atoms with E-state index in [4.69, 9.17) is 0 Å². The lowest BCUT2D eigenvalue weighted by Crippen LogP contribution is -2.56. The normalized spacial score (nSPS) is 25.4. The molecular formula is C9H21N2+. The molecule has 0 atom stereocenters. The summed E-state index contributed by atoms with van der Waals surface area (Å²) in [5.74, 6) is 0. The summed E-state index contributed by atoms with van der Waals surface area (Å²) >= 11 is 0. The summed E-state index contributed by atoms with van der Waals surface area (Å²) in [5.41, 5.74) is 0. The van der Waals surface area contributed by atoms with Gasteiger partial charge in [-0.1, -0.05) is 6.92 Å². The van der Waals surface area contributed by atoms with Gasteiger partial charge < -0.3 is 4.48 Å². The third kappa shape index (κ3) is 2.17. The molecule has 0 bridgehead atoms. The lowest BCUT2D eigenvalue weighted by Gasteiger charge is -2.41. The van der Waals surface area contributed by atoms with Gasteiger partial charge in [-0.15, -0.1) is 0 Å². The van der Waals surface area contributed by atoms with Crippen molar-refractivity contribution in [3.8, 4) is 0 Å². The van der Waals surface area contributed by atoms with Crippen molar-refractivity contribution in [1.82, 2.24) is 4.90 Å². The maximum Gasteiger partial charge on any atom is 0.0914 e. The summed E-state index contributed by atoms with van der Waals surface area (Å²) in [6.45, 7) is 12.3. The minimum absolute atomic E-state index is 1.23. The summed E-state index contributed by atoms with van der Waals surface area (Å²) in [6, 6.07) is 0. The van der Waals surface area contributed by atoms with E-state index in [2.05, 4.69) is 25.8 Å². The molecule has 0 aromatic heterocycles. The van der Waals surface area contributed by atoms with Crippen LogP contribution in [-0.4, -0.2) is 55.7 Å². The standard InChI is InChI=1S/C9H21N2/c1-4-10-6-8-11(3,5-2)9-7-10/h4-9H2,1-3H3/q+1. The summed E-state index contributed by atoms with van der Waals surface area (Å²) in [4.78, 5) is 2.54. The second kappa shape index (κ2) is 3.55. The first-order valence-corrected chi connectivity index (χ1v) is 4.76. The fourth-order valence-corrected chi connectivity index (χ4v) is 1.62. The molecule has 1 aliphatic rings. The van der Waals surface area contributed by atoms with Crippen molar-refractivity contribution in [3.05, 3.63) is 0 Å². The van der Waals surface area contributed by atoms with E-state index in [-0.39, 0.29) is 0 Å². The topological polar surface area (TPSA) is 3.24 Å². The van der Waals surface area contributed by atoms with Gasteiger partial charge in [0.15, 0.2) is 0 Å². The van der Waals surface area contributed by atoms with Gasteiger partial charge in [0, 0.05) is 13.1 Å². The van der Waals surface area contributed by atoms with Crippen LogP contribution in [0.1, 0.15) is 13.8 Å². The number of rotatable bonds is 2. The predicted molar refractivity (Wildman–Crippen MR) is 48.6 cm³/mol. The number of piperazine rings is 1. The number of quaternary nitrogens is 1. The Morgan fingerprint density at radius 3 is 2.09 bits per heavy atom. The zero-order valence-electron chi connectivity index (χ0n) is 8.14. The van der Waals surface area contributed by atoms with Gasteiger partial charge in [0.2, 0.25) is 0 Å². The van der Waals surface area contributed by atoms with Crippen molar-refractivity contribution in [3.63, 3.8) is 0 Å². The minimum atomic E-state index is 1.23. The Labute approximate surface area is 70.4 Å². The molecule has 1 aliphatic heterocycles. The molecule has 0 aromatic carbocycles. The van der Waals surface area contributed by atoms with Crippen LogP contribution in [0.3, 0.4) is 0 Å². The molecule has 0 amide bonds. The Hall–Kier alpha value is -0.0800. The van der Waals surface area contributed by atoms with Crippen LogP contribution >= 0.6 is 0 Å². The lowest BCUT2D eigenvalue weighted by atomic mass is 10.2. The van der Waals surface area contributed by atoms with Crippen molar-refractivity contribution < 1.29 is 4.48 Å². The molecule has 0 aromatic rings. The van der Waals surface area contributed by atoms with Crippen LogP contribution < -0.4 is 0 Å². The van der Waals surface area contributed by atoms with E-state index < -0.39 is 0 Å². The highest BCUT2D eigenvalue weighted by molar-refractivity contribution is 4.60. The molecule has 2 nitrogen and oxygen atoms in total. The van der Waals surface area contributed by atoms with Crippen molar-refractivity contribution in [1.29, 1.82) is 0 Å². The third-order valence-corrected chi connectivity index (χ3v) is 3.12. The molecule has 0 radical (unpaired) electrons. The lowest BCUT2D eigenvalue weighted by molar-refractivity contribution is -0.911. The van der Waals surface area contributed by atoms with Gasteiger partial charge in [0.05, 0.1) is 26.7 Å². The second-order valence-corrected chi connectivity index (χ2v) is 3.82. The van der Waals surface area contributed by atoms with E-state index in [1.165, 1.54) is 43.8 Å². The van der Waals surface area contributed by atoms with Crippen LogP contribution in [-0.2, 0) is 0 Å². The molecule has 1 fully saturated rings. The van der Waals surface area contributed by atoms with Crippen molar-refractivity contribution in [2.24, 2.45) is 0 Å². The Kier molecular flexibility index (Phi) is 2.90. The van der Waals surface area contributed by atoms with Crippen LogP contribution in [0.5, 0.6) is 0 Å². The molecule has 0 aliphatic carbocycles. The third-order valence-electron chi connectivity index (χ3n) is 3.12. The van der Waals surface area contributed by atoms with Gasteiger partial charge in [0.1, 0.15) is 0 Å². The molecule has 1 rings (SSSR count). The van der Waals surface area contributed by atoms with E-state index in [1.807, 2.05) is 0 Å². The van der Waals surface area contributed by atoms with Crippen molar-refractivity contribution in [2.45, 2.75) is 13.8 Å². The van der Waals surface area contributed by atoms with Crippen LogP contribution in [0, 0.1) is 0 Å². The molecule has 11 heavy (non-hydrogen) atoms. The summed E-state index contributed by atoms with van der Waals surface area (Å²) < 4.78 is 1.27. The zero-order valence-corrected chi connectivity index (χ0v) is 8.14. The van der Waals surface area contributed by atoms with Gasteiger partial charge in [-0.2, -0.15) is 0 Å². The average molecular weight is 157 g/mol. The quantitative estimate of drug-likeness (QED) is 0.536. The molecule has 0 unspecified atom stereocenters. The van der Waals surface area contributed by atoms with E-state index in [9.17, 15) is 0 Å². The van der Waals surface area contributed by atoms with Gasteiger partial charge >= 0.3 is 0 Å². The first-order valence-electron chi connectivity index (χ1n) is 4.76. The minimum Gasteiger partial charge on any atom is -0.324 e. The molecule has 0 spiro atoms. The van der Waals surface area contributed by atoms with E-state index in [0.29, 0.717) is 0 Å². The van der Waals surface area contributed by atoms with Gasteiger partial charge in [-0.25, -0.2) is 0 Å². The van der Waals surface area contributed by atoms with E-state index >= 15 is 0 Å². The molecule has 66 valence electrons. The monoisotopic (exact) mass is 157 g/mol. The Balaban J connectivity index is 2.35. The number of likely N-dealkylation sites (N-methyl/N-ethyl adjacent to an activating group) is 2. The summed E-state index contributed by atoms with van der Waals surface area (Å²) in [7, 11) is 2.37. The number of hydrogen-bond acceptors (Lipinski definition) is 1. The predicted octanol–water partition coefficient (Wildman–Crippen LogP) is 0.788. The smallest absolute Gasteiger partial charge is 0.0914 e. The molecular weight excluding hydrogens is 136 g/mol. The van der Waals surface area contributed by atoms with Crippen LogP contribution in [0.2, 0.25) is 0 Å². The first kappa shape index (κ1) is 9.01. The fourth-order valence-electron chi connectivity index (χ4n) is 1.62. The zero-order chi connectivity index (χ0) is 8.32. The highest BCUT2D eigenvalue weighted by Crippen LogP contribution is 2.08. The molecule has 1 heterocycles. The van der Waals surface area contributed by atoms with E-state index in [1.54, 1.807) is 0 Å². The molecule has 1 saturated heterocycles. The molecule has 0 N–H and O–H groups in total. The van der Waals surface area contributed by atoms with Gasteiger partial charge in [-0.3, -0.25) is 4.90 Å². The average Bonchev–Trinajstić information content (AvgIpc) is 2.06. The van der Waals surface area contributed by atoms with Crippen molar-refractivity contribution in [2.75, 3.05) is 46.3 Å². The van der Waals surface area contributed by atoms with Gasteiger partial charge in [-0.05, 0) is 13.5 Å². The second-order valence-electron chi connectivity index (χ2n) is 3.82. The number of hydrogen-bond donors (Lipinski definition) is 0. The first-order chi connectivity index (χ1) is 5.20. The maximum atomic E-state index is 2.54. The SMILES string of the molecule is CCN1CC[N+](C)(CC)CC1. The summed E-state index contributed by atoms with van der Waals surface area (Å²) in [5, 5.41) is 0. The van der Waals surface area contributed by atoms with Crippen LogP contribution in [0.15, 0.2) is 0 Å². The van der Waals surface area contributed by atoms with Crippen molar-refractivity contribution >= 4 is 0 Å². The van der Waals surface area contributed by atoms with Crippen LogP contribution in [0.4, 0.5) is 0 Å². The highest BCUT2D eigenvalue weighted by atomic mass is 15.4. The molecule has 2 heteroatoms. The molecule has 0 saturated carbocycles. The Morgan fingerprint density at radius 1 is 1.18 bits per heavy atom. The highest BCUT2D eigenvalue weighted by Gasteiger charge is 2.25. The fraction of sp³-hybridized carbons (Fsp3) is 1.00.